The summed E-state index contributed by atoms with van der Waals surface area (Å²) in [6, 6.07) is 4.65. The van der Waals surface area contributed by atoms with Crippen LogP contribution >= 0.6 is 0 Å². The molecule has 0 bridgehead atoms. The monoisotopic (exact) mass is 226 g/mol. The normalized spacial score (nSPS) is 9.88. The van der Waals surface area contributed by atoms with Gasteiger partial charge in [0.05, 0.1) is 13.7 Å². The number of aliphatic hydroxyl groups excluding tert-OH is 1. The van der Waals surface area contributed by atoms with Crippen LogP contribution in [0.15, 0.2) is 18.2 Å². The molecule has 16 heavy (non-hydrogen) atoms. The predicted molar refractivity (Wildman–Crippen MR) is 57.2 cm³/mol. The molecule has 0 amide bonds. The first-order valence-electron chi connectivity index (χ1n) is 4.84. The van der Waals surface area contributed by atoms with Gasteiger partial charge in [-0.2, -0.15) is 0 Å². The molecule has 0 aliphatic carbocycles. The summed E-state index contributed by atoms with van der Waals surface area (Å²) in [5.74, 6) is -0.498. The molecule has 0 aliphatic heterocycles. The smallest absolute Gasteiger partial charge is 0.339 e. The number of rotatable bonds is 6. The van der Waals surface area contributed by atoms with Crippen molar-refractivity contribution >= 4 is 5.97 Å². The summed E-state index contributed by atoms with van der Waals surface area (Å²) in [7, 11) is 1.44. The third kappa shape index (κ3) is 2.87. The molecular formula is C11H14O5. The van der Waals surface area contributed by atoms with Crippen LogP contribution in [0.3, 0.4) is 0 Å². The van der Waals surface area contributed by atoms with Crippen molar-refractivity contribution in [3.63, 3.8) is 0 Å². The quantitative estimate of drug-likeness (QED) is 0.712. The number of methoxy groups -OCH3 is 1. The fraction of sp³-hybridized carbons (Fsp3) is 0.364. The number of ether oxygens (including phenoxy) is 2. The van der Waals surface area contributed by atoms with Crippen molar-refractivity contribution in [3.8, 4) is 11.5 Å². The molecule has 0 spiro atoms. The lowest BCUT2D eigenvalue weighted by atomic mass is 10.2. The van der Waals surface area contributed by atoms with E-state index in [0.717, 1.165) is 0 Å². The van der Waals surface area contributed by atoms with E-state index in [-0.39, 0.29) is 24.5 Å². The summed E-state index contributed by atoms with van der Waals surface area (Å²) in [5.41, 5.74) is 0.0530. The number of para-hydroxylation sites is 1. The number of hydrogen-bond acceptors (Lipinski definition) is 4. The summed E-state index contributed by atoms with van der Waals surface area (Å²) in [6.45, 7) is 0.245. The first-order chi connectivity index (χ1) is 7.70. The van der Waals surface area contributed by atoms with Gasteiger partial charge in [0.25, 0.3) is 0 Å². The van der Waals surface area contributed by atoms with Crippen molar-refractivity contribution in [3.05, 3.63) is 23.8 Å². The van der Waals surface area contributed by atoms with Crippen molar-refractivity contribution in [2.75, 3.05) is 20.3 Å². The number of aromatic carboxylic acids is 1. The van der Waals surface area contributed by atoms with Crippen LogP contribution in [0, 0.1) is 0 Å². The van der Waals surface area contributed by atoms with E-state index >= 15 is 0 Å². The maximum atomic E-state index is 10.9. The molecule has 1 aromatic rings. The molecular weight excluding hydrogens is 212 g/mol. The minimum Gasteiger partial charge on any atom is -0.493 e. The Kier molecular flexibility index (Phi) is 4.60. The number of carboxylic acid groups (broad SMARTS) is 1. The number of aliphatic hydroxyl groups is 1. The molecule has 1 aromatic carbocycles. The standard InChI is InChI=1S/C11H14O5/c1-15-9-5-2-4-8(11(13)14)10(9)16-7-3-6-12/h2,4-5,12H,3,6-7H2,1H3,(H,13,14). The second kappa shape index (κ2) is 5.97. The highest BCUT2D eigenvalue weighted by Crippen LogP contribution is 2.31. The minimum atomic E-state index is -1.07. The van der Waals surface area contributed by atoms with Gasteiger partial charge >= 0.3 is 5.97 Å². The maximum Gasteiger partial charge on any atom is 0.339 e. The van der Waals surface area contributed by atoms with Gasteiger partial charge in [-0.15, -0.1) is 0 Å². The predicted octanol–water partition coefficient (Wildman–Crippen LogP) is 1.15. The first-order valence-corrected chi connectivity index (χ1v) is 4.84. The molecule has 1 rings (SSSR count). The van der Waals surface area contributed by atoms with Crippen molar-refractivity contribution in [2.45, 2.75) is 6.42 Å². The van der Waals surface area contributed by atoms with Crippen molar-refractivity contribution in [1.82, 2.24) is 0 Å². The van der Waals surface area contributed by atoms with Gasteiger partial charge in [-0.05, 0) is 12.1 Å². The molecule has 0 radical (unpaired) electrons. The highest BCUT2D eigenvalue weighted by Gasteiger charge is 2.15. The Labute approximate surface area is 93.2 Å². The van der Waals surface area contributed by atoms with Gasteiger partial charge < -0.3 is 19.7 Å². The molecule has 5 heteroatoms. The van der Waals surface area contributed by atoms with Crippen LogP contribution in [0.25, 0.3) is 0 Å². The Morgan fingerprint density at radius 3 is 2.75 bits per heavy atom. The van der Waals surface area contributed by atoms with Gasteiger partial charge in [-0.25, -0.2) is 4.79 Å². The van der Waals surface area contributed by atoms with Crippen LogP contribution in [0.2, 0.25) is 0 Å². The summed E-state index contributed by atoms with van der Waals surface area (Å²) in [6.07, 6.45) is 0.442. The molecule has 0 saturated heterocycles. The van der Waals surface area contributed by atoms with Gasteiger partial charge in [0.1, 0.15) is 5.56 Å². The van der Waals surface area contributed by atoms with Gasteiger partial charge in [-0.1, -0.05) is 6.07 Å². The average Bonchev–Trinajstić information content (AvgIpc) is 2.29. The van der Waals surface area contributed by atoms with E-state index in [9.17, 15) is 4.79 Å². The Balaban J connectivity index is 2.95. The first kappa shape index (κ1) is 12.3. The zero-order valence-corrected chi connectivity index (χ0v) is 8.97. The molecule has 0 fully saturated rings. The topological polar surface area (TPSA) is 76.0 Å². The van der Waals surface area contributed by atoms with Crippen LogP contribution in [0.4, 0.5) is 0 Å². The SMILES string of the molecule is COc1cccc(C(=O)O)c1OCCCO. The minimum absolute atomic E-state index is 0.00243. The summed E-state index contributed by atoms with van der Waals surface area (Å²) >= 11 is 0. The molecule has 5 nitrogen and oxygen atoms in total. The molecule has 2 N–H and O–H groups in total. The molecule has 0 saturated carbocycles. The van der Waals surface area contributed by atoms with Gasteiger partial charge in [0, 0.05) is 13.0 Å². The largest absolute Gasteiger partial charge is 0.493 e. The lowest BCUT2D eigenvalue weighted by Gasteiger charge is -2.12. The Morgan fingerprint density at radius 2 is 2.19 bits per heavy atom. The lowest BCUT2D eigenvalue weighted by molar-refractivity contribution is 0.0691. The van der Waals surface area contributed by atoms with E-state index in [0.29, 0.717) is 12.2 Å². The Bertz CT molecular complexity index is 361. The highest BCUT2D eigenvalue weighted by atomic mass is 16.5. The van der Waals surface area contributed by atoms with Crippen LogP contribution in [0.1, 0.15) is 16.8 Å². The van der Waals surface area contributed by atoms with E-state index in [1.165, 1.54) is 13.2 Å². The summed E-state index contributed by atoms with van der Waals surface area (Å²) in [4.78, 5) is 10.9. The summed E-state index contributed by atoms with van der Waals surface area (Å²) in [5, 5.41) is 17.6. The van der Waals surface area contributed by atoms with E-state index in [1.807, 2.05) is 0 Å². The third-order valence-corrected chi connectivity index (χ3v) is 1.98. The average molecular weight is 226 g/mol. The van der Waals surface area contributed by atoms with Crippen LogP contribution in [-0.4, -0.2) is 36.5 Å². The van der Waals surface area contributed by atoms with Crippen LogP contribution < -0.4 is 9.47 Å². The molecule has 0 aliphatic rings. The third-order valence-electron chi connectivity index (χ3n) is 1.98. The molecule has 0 heterocycles. The second-order valence-electron chi connectivity index (χ2n) is 3.07. The maximum absolute atomic E-state index is 10.9. The Morgan fingerprint density at radius 1 is 1.44 bits per heavy atom. The van der Waals surface area contributed by atoms with Crippen molar-refractivity contribution in [2.24, 2.45) is 0 Å². The van der Waals surface area contributed by atoms with E-state index in [2.05, 4.69) is 0 Å². The van der Waals surface area contributed by atoms with Gasteiger partial charge in [-0.3, -0.25) is 0 Å². The Hall–Kier alpha value is -1.75. The zero-order chi connectivity index (χ0) is 12.0. The summed E-state index contributed by atoms with van der Waals surface area (Å²) < 4.78 is 10.3. The molecule has 0 atom stereocenters. The van der Waals surface area contributed by atoms with Crippen molar-refractivity contribution < 1.29 is 24.5 Å². The molecule has 88 valence electrons. The van der Waals surface area contributed by atoms with Crippen molar-refractivity contribution in [1.29, 1.82) is 0 Å². The van der Waals surface area contributed by atoms with Gasteiger partial charge in [0.2, 0.25) is 0 Å². The number of benzene rings is 1. The van der Waals surface area contributed by atoms with Gasteiger partial charge in [0.15, 0.2) is 11.5 Å². The fourth-order valence-electron chi connectivity index (χ4n) is 1.23. The number of carboxylic acids is 1. The van der Waals surface area contributed by atoms with Crippen LogP contribution in [-0.2, 0) is 0 Å². The van der Waals surface area contributed by atoms with Crippen LogP contribution in [0.5, 0.6) is 11.5 Å². The molecule has 0 unspecified atom stereocenters. The second-order valence-corrected chi connectivity index (χ2v) is 3.07. The van der Waals surface area contributed by atoms with E-state index in [4.69, 9.17) is 19.7 Å². The number of hydrogen-bond donors (Lipinski definition) is 2. The zero-order valence-electron chi connectivity index (χ0n) is 8.97. The number of carbonyl (C=O) groups is 1. The molecule has 0 aromatic heterocycles. The lowest BCUT2D eigenvalue weighted by Crippen LogP contribution is -2.07. The highest BCUT2D eigenvalue weighted by molar-refractivity contribution is 5.92. The fourth-order valence-corrected chi connectivity index (χ4v) is 1.23. The van der Waals surface area contributed by atoms with E-state index < -0.39 is 5.97 Å². The van der Waals surface area contributed by atoms with E-state index in [1.54, 1.807) is 12.1 Å².